The van der Waals surface area contributed by atoms with Crippen LogP contribution in [0.1, 0.15) is 32.8 Å². The van der Waals surface area contributed by atoms with Gasteiger partial charge in [0.2, 0.25) is 0 Å². The van der Waals surface area contributed by atoms with Gasteiger partial charge in [-0.1, -0.05) is 39.0 Å². The lowest BCUT2D eigenvalue weighted by Crippen LogP contribution is -2.28. The summed E-state index contributed by atoms with van der Waals surface area (Å²) < 4.78 is 0. The number of nitrogens with one attached hydrogen (secondary N) is 1. The molecule has 15 heavy (non-hydrogen) atoms. The lowest BCUT2D eigenvalue weighted by molar-refractivity contribution is 0.328. The quantitative estimate of drug-likeness (QED) is 0.727. The van der Waals surface area contributed by atoms with Crippen LogP contribution in [-0.2, 0) is 6.54 Å². The molecule has 0 heterocycles. The number of hydrogen-bond donors (Lipinski definition) is 2. The molecule has 84 valence electrons. The van der Waals surface area contributed by atoms with Crippen molar-refractivity contribution in [3.8, 4) is 0 Å². The summed E-state index contributed by atoms with van der Waals surface area (Å²) in [5.41, 5.74) is 8.29. The average Bonchev–Trinajstić information content (AvgIpc) is 2.21. The molecule has 3 N–H and O–H groups in total. The van der Waals surface area contributed by atoms with Crippen LogP contribution >= 0.6 is 0 Å². The lowest BCUT2D eigenvalue weighted by Gasteiger charge is -2.23. The summed E-state index contributed by atoms with van der Waals surface area (Å²) in [7, 11) is 0. The maximum atomic E-state index is 5.86. The van der Waals surface area contributed by atoms with Crippen molar-refractivity contribution in [2.75, 3.05) is 12.3 Å². The summed E-state index contributed by atoms with van der Waals surface area (Å²) in [6.45, 7) is 8.65. The minimum Gasteiger partial charge on any atom is -0.398 e. The van der Waals surface area contributed by atoms with Gasteiger partial charge in [0.05, 0.1) is 0 Å². The molecule has 1 rings (SSSR count). The summed E-state index contributed by atoms with van der Waals surface area (Å²) in [6, 6.07) is 8.01. The van der Waals surface area contributed by atoms with Gasteiger partial charge in [-0.2, -0.15) is 0 Å². The summed E-state index contributed by atoms with van der Waals surface area (Å²) in [4.78, 5) is 0. The zero-order valence-corrected chi connectivity index (χ0v) is 10.0. The van der Waals surface area contributed by atoms with Gasteiger partial charge in [0.25, 0.3) is 0 Å². The predicted molar refractivity (Wildman–Crippen MR) is 66.6 cm³/mol. The largest absolute Gasteiger partial charge is 0.398 e. The number of benzene rings is 1. The van der Waals surface area contributed by atoms with Crippen molar-refractivity contribution in [1.29, 1.82) is 0 Å². The molecule has 0 fully saturated rings. The Balaban J connectivity index is 2.42. The Labute approximate surface area is 92.9 Å². The molecular formula is C13H22N2. The van der Waals surface area contributed by atoms with E-state index < -0.39 is 0 Å². The predicted octanol–water partition coefficient (Wildman–Crippen LogP) is 2.79. The zero-order chi connectivity index (χ0) is 11.3. The first-order valence-corrected chi connectivity index (χ1v) is 5.59. The number of nitrogens with two attached hydrogens (primary N) is 1. The molecular weight excluding hydrogens is 184 g/mol. The number of hydrogen-bond acceptors (Lipinski definition) is 2. The van der Waals surface area contributed by atoms with Crippen molar-refractivity contribution < 1.29 is 0 Å². The first-order chi connectivity index (χ1) is 7.05. The van der Waals surface area contributed by atoms with Gasteiger partial charge in [-0.15, -0.1) is 0 Å². The van der Waals surface area contributed by atoms with Crippen molar-refractivity contribution in [3.05, 3.63) is 29.8 Å². The molecule has 1 aromatic carbocycles. The zero-order valence-electron chi connectivity index (χ0n) is 10.0. The van der Waals surface area contributed by atoms with E-state index in [1.165, 1.54) is 12.0 Å². The Bertz CT molecular complexity index is 305. The van der Waals surface area contributed by atoms with E-state index in [0.717, 1.165) is 18.8 Å². The van der Waals surface area contributed by atoms with Crippen LogP contribution in [0.3, 0.4) is 0 Å². The fraction of sp³-hybridized carbons (Fsp3) is 0.538. The third-order valence-corrected chi connectivity index (χ3v) is 2.93. The minimum absolute atomic E-state index is 0.365. The smallest absolute Gasteiger partial charge is 0.0359 e. The lowest BCUT2D eigenvalue weighted by atomic mass is 9.90. The highest BCUT2D eigenvalue weighted by atomic mass is 14.9. The van der Waals surface area contributed by atoms with Crippen LogP contribution in [0.2, 0.25) is 0 Å². The van der Waals surface area contributed by atoms with Crippen LogP contribution < -0.4 is 11.1 Å². The summed E-state index contributed by atoms with van der Waals surface area (Å²) in [5, 5.41) is 3.45. The molecule has 0 aliphatic heterocycles. The Morgan fingerprint density at radius 1 is 1.27 bits per heavy atom. The third-order valence-electron chi connectivity index (χ3n) is 2.93. The van der Waals surface area contributed by atoms with E-state index in [0.29, 0.717) is 5.41 Å². The van der Waals surface area contributed by atoms with Crippen molar-refractivity contribution in [1.82, 2.24) is 5.32 Å². The van der Waals surface area contributed by atoms with Gasteiger partial charge in [-0.05, 0) is 23.5 Å². The molecule has 1 aromatic rings. The van der Waals surface area contributed by atoms with Crippen LogP contribution in [0.5, 0.6) is 0 Å². The molecule has 0 saturated carbocycles. The van der Waals surface area contributed by atoms with Crippen LogP contribution in [0.15, 0.2) is 24.3 Å². The van der Waals surface area contributed by atoms with Gasteiger partial charge in [0.1, 0.15) is 0 Å². The average molecular weight is 206 g/mol. The van der Waals surface area contributed by atoms with Crippen LogP contribution in [0, 0.1) is 5.41 Å². The van der Waals surface area contributed by atoms with E-state index in [9.17, 15) is 0 Å². The second kappa shape index (κ2) is 5.17. The SMILES string of the molecule is CCC(C)(C)CNCc1ccccc1N. The van der Waals surface area contributed by atoms with E-state index in [1.54, 1.807) is 0 Å². The second-order valence-electron chi connectivity index (χ2n) is 4.82. The number of rotatable bonds is 5. The molecule has 0 radical (unpaired) electrons. The Morgan fingerprint density at radius 2 is 1.93 bits per heavy atom. The minimum atomic E-state index is 0.365. The number of anilines is 1. The highest BCUT2D eigenvalue weighted by Crippen LogP contribution is 2.18. The molecule has 2 heteroatoms. The van der Waals surface area contributed by atoms with E-state index >= 15 is 0 Å². The summed E-state index contributed by atoms with van der Waals surface area (Å²) in [5.74, 6) is 0. The van der Waals surface area contributed by atoms with Gasteiger partial charge in [-0.25, -0.2) is 0 Å². The van der Waals surface area contributed by atoms with Crippen LogP contribution in [0.25, 0.3) is 0 Å². The highest BCUT2D eigenvalue weighted by molar-refractivity contribution is 5.46. The molecule has 0 spiro atoms. The number of para-hydroxylation sites is 1. The van der Waals surface area contributed by atoms with Gasteiger partial charge in [0.15, 0.2) is 0 Å². The van der Waals surface area contributed by atoms with Gasteiger partial charge >= 0.3 is 0 Å². The molecule has 0 aliphatic rings. The molecule has 0 aromatic heterocycles. The normalized spacial score (nSPS) is 11.7. The van der Waals surface area contributed by atoms with Crippen LogP contribution in [-0.4, -0.2) is 6.54 Å². The topological polar surface area (TPSA) is 38.0 Å². The molecule has 0 bridgehead atoms. The molecule has 0 atom stereocenters. The molecule has 0 unspecified atom stereocenters. The van der Waals surface area contributed by atoms with Crippen molar-refractivity contribution >= 4 is 5.69 Å². The maximum Gasteiger partial charge on any atom is 0.0359 e. The van der Waals surface area contributed by atoms with Crippen molar-refractivity contribution in [2.45, 2.75) is 33.7 Å². The number of nitrogen functional groups attached to an aromatic ring is 1. The van der Waals surface area contributed by atoms with E-state index in [-0.39, 0.29) is 0 Å². The Morgan fingerprint density at radius 3 is 2.53 bits per heavy atom. The van der Waals surface area contributed by atoms with E-state index in [1.807, 2.05) is 18.2 Å². The van der Waals surface area contributed by atoms with Gasteiger partial charge in [-0.3, -0.25) is 0 Å². The van der Waals surface area contributed by atoms with Crippen molar-refractivity contribution in [3.63, 3.8) is 0 Å². The van der Waals surface area contributed by atoms with Crippen LogP contribution in [0.4, 0.5) is 5.69 Å². The standard InChI is InChI=1S/C13H22N2/c1-4-13(2,3)10-15-9-11-7-5-6-8-12(11)14/h5-8,15H,4,9-10,14H2,1-3H3. The first kappa shape index (κ1) is 12.1. The summed E-state index contributed by atoms with van der Waals surface area (Å²) >= 11 is 0. The third kappa shape index (κ3) is 3.92. The Hall–Kier alpha value is -1.02. The second-order valence-corrected chi connectivity index (χ2v) is 4.82. The van der Waals surface area contributed by atoms with E-state index in [4.69, 9.17) is 5.73 Å². The van der Waals surface area contributed by atoms with E-state index in [2.05, 4.69) is 32.2 Å². The summed E-state index contributed by atoms with van der Waals surface area (Å²) in [6.07, 6.45) is 1.18. The van der Waals surface area contributed by atoms with Crippen molar-refractivity contribution in [2.24, 2.45) is 5.41 Å². The Kier molecular flexibility index (Phi) is 4.15. The molecule has 0 aliphatic carbocycles. The fourth-order valence-corrected chi connectivity index (χ4v) is 1.36. The maximum absolute atomic E-state index is 5.86. The fourth-order valence-electron chi connectivity index (χ4n) is 1.36. The highest BCUT2D eigenvalue weighted by Gasteiger charge is 2.13. The van der Waals surface area contributed by atoms with Gasteiger partial charge in [0, 0.05) is 18.8 Å². The molecule has 0 saturated heterocycles. The molecule has 0 amide bonds. The van der Waals surface area contributed by atoms with Gasteiger partial charge < -0.3 is 11.1 Å². The first-order valence-electron chi connectivity index (χ1n) is 5.59. The monoisotopic (exact) mass is 206 g/mol. The molecule has 2 nitrogen and oxygen atoms in total.